The predicted molar refractivity (Wildman–Crippen MR) is 98.1 cm³/mol. The van der Waals surface area contributed by atoms with Gasteiger partial charge >= 0.3 is 0 Å². The number of anilines is 2. The predicted octanol–water partition coefficient (Wildman–Crippen LogP) is 1.66. The molecule has 0 unspecified atom stereocenters. The summed E-state index contributed by atoms with van der Waals surface area (Å²) < 4.78 is 27.3. The van der Waals surface area contributed by atoms with Gasteiger partial charge in [-0.25, -0.2) is 4.98 Å². The third-order valence-electron chi connectivity index (χ3n) is 4.15. The van der Waals surface area contributed by atoms with Crippen LogP contribution in [0.4, 0.5) is 15.2 Å². The summed E-state index contributed by atoms with van der Waals surface area (Å²) in [6, 6.07) is 0. The Bertz CT molecular complexity index is 998. The molecule has 3 aromatic rings. The molecule has 142 valence electrons. The standard InChI is InChI=1S/C16H17FN6O3S/c1-22-8-9(7-18-22)14(24)21-16-19-10-12(27-16)11(13(17)20-15(10)25-2)23-3-5-26-6-4-23/h7-8H,3-6H2,1-2H3,(H,19,21,24). The zero-order valence-corrected chi connectivity index (χ0v) is 15.5. The van der Waals surface area contributed by atoms with Crippen LogP contribution >= 0.6 is 11.3 Å². The first-order valence-corrected chi connectivity index (χ1v) is 9.05. The number of rotatable bonds is 4. The van der Waals surface area contributed by atoms with Crippen LogP contribution < -0.4 is 15.0 Å². The Morgan fingerprint density at radius 3 is 2.81 bits per heavy atom. The summed E-state index contributed by atoms with van der Waals surface area (Å²) >= 11 is 1.18. The SMILES string of the molecule is COc1nc(F)c(N2CCOCC2)c2sc(NC(=O)c3cnn(C)c3)nc12. The number of hydrogen-bond donors (Lipinski definition) is 1. The number of pyridine rings is 1. The van der Waals surface area contributed by atoms with E-state index >= 15 is 0 Å². The van der Waals surface area contributed by atoms with E-state index in [0.29, 0.717) is 52.9 Å². The van der Waals surface area contributed by atoms with Crippen molar-refractivity contribution in [3.63, 3.8) is 0 Å². The molecule has 27 heavy (non-hydrogen) atoms. The van der Waals surface area contributed by atoms with E-state index in [0.717, 1.165) is 0 Å². The number of nitrogens with zero attached hydrogens (tertiary/aromatic N) is 5. The van der Waals surface area contributed by atoms with E-state index in [9.17, 15) is 9.18 Å². The fourth-order valence-corrected chi connectivity index (χ4v) is 3.89. The fraction of sp³-hybridized carbons (Fsp3) is 0.375. The monoisotopic (exact) mass is 392 g/mol. The van der Waals surface area contributed by atoms with E-state index in [-0.39, 0.29) is 11.8 Å². The third-order valence-corrected chi connectivity index (χ3v) is 5.13. The molecular formula is C16H17FN6O3S. The fourth-order valence-electron chi connectivity index (χ4n) is 2.88. The molecule has 4 rings (SSSR count). The van der Waals surface area contributed by atoms with Crippen molar-refractivity contribution in [1.29, 1.82) is 0 Å². The number of amides is 1. The lowest BCUT2D eigenvalue weighted by Crippen LogP contribution is -2.37. The van der Waals surface area contributed by atoms with Crippen LogP contribution in [0.25, 0.3) is 10.2 Å². The van der Waals surface area contributed by atoms with Crippen LogP contribution in [-0.2, 0) is 11.8 Å². The minimum Gasteiger partial charge on any atom is -0.479 e. The second kappa shape index (κ2) is 7.08. The summed E-state index contributed by atoms with van der Waals surface area (Å²) in [7, 11) is 3.13. The smallest absolute Gasteiger partial charge is 0.260 e. The molecular weight excluding hydrogens is 375 g/mol. The Morgan fingerprint density at radius 2 is 2.15 bits per heavy atom. The summed E-state index contributed by atoms with van der Waals surface area (Å²) in [6.07, 6.45) is 3.06. The summed E-state index contributed by atoms with van der Waals surface area (Å²) in [5.41, 5.74) is 1.17. The number of morpholine rings is 1. The van der Waals surface area contributed by atoms with Crippen LogP contribution in [0.5, 0.6) is 5.88 Å². The normalized spacial score (nSPS) is 14.6. The first-order valence-electron chi connectivity index (χ1n) is 8.23. The molecule has 0 radical (unpaired) electrons. The molecule has 1 aliphatic rings. The van der Waals surface area contributed by atoms with Gasteiger partial charge in [0, 0.05) is 26.3 Å². The number of aromatic nitrogens is 4. The lowest BCUT2D eigenvalue weighted by Gasteiger charge is -2.29. The number of thiazole rings is 1. The topological polar surface area (TPSA) is 94.4 Å². The van der Waals surface area contributed by atoms with Crippen molar-refractivity contribution in [2.75, 3.05) is 43.6 Å². The summed E-state index contributed by atoms with van der Waals surface area (Å²) in [5, 5.41) is 7.04. The maximum Gasteiger partial charge on any atom is 0.260 e. The van der Waals surface area contributed by atoms with Crippen LogP contribution in [-0.4, -0.2) is 59.1 Å². The van der Waals surface area contributed by atoms with Gasteiger partial charge in [-0.05, 0) is 0 Å². The number of methoxy groups -OCH3 is 1. The summed E-state index contributed by atoms with van der Waals surface area (Å²) in [6.45, 7) is 2.12. The highest BCUT2D eigenvalue weighted by Crippen LogP contribution is 2.40. The highest BCUT2D eigenvalue weighted by molar-refractivity contribution is 7.23. The second-order valence-corrected chi connectivity index (χ2v) is 6.91. The van der Waals surface area contributed by atoms with Crippen LogP contribution in [0.15, 0.2) is 12.4 Å². The molecule has 0 atom stereocenters. The maximum atomic E-state index is 14.7. The molecule has 1 aliphatic heterocycles. The Kier molecular flexibility index (Phi) is 4.62. The van der Waals surface area contributed by atoms with E-state index in [1.165, 1.54) is 29.3 Å². The minimum atomic E-state index is -0.630. The van der Waals surface area contributed by atoms with E-state index in [2.05, 4.69) is 20.4 Å². The molecule has 0 aliphatic carbocycles. The summed E-state index contributed by atoms with van der Waals surface area (Å²) in [5.74, 6) is -0.893. The number of nitrogens with one attached hydrogen (secondary N) is 1. The van der Waals surface area contributed by atoms with E-state index in [1.807, 2.05) is 4.90 Å². The highest BCUT2D eigenvalue weighted by Gasteiger charge is 2.25. The zero-order valence-electron chi connectivity index (χ0n) is 14.7. The molecule has 0 saturated carbocycles. The van der Waals surface area contributed by atoms with E-state index in [1.54, 1.807) is 13.2 Å². The number of halogens is 1. The molecule has 9 nitrogen and oxygen atoms in total. The molecule has 11 heteroatoms. The number of aryl methyl sites for hydroxylation is 1. The van der Waals surface area contributed by atoms with Crippen LogP contribution in [0.2, 0.25) is 0 Å². The van der Waals surface area contributed by atoms with Gasteiger partial charge in [-0.3, -0.25) is 14.8 Å². The van der Waals surface area contributed by atoms with E-state index < -0.39 is 5.95 Å². The van der Waals surface area contributed by atoms with Gasteiger partial charge in [0.2, 0.25) is 11.8 Å². The highest BCUT2D eigenvalue weighted by atomic mass is 32.1. The summed E-state index contributed by atoms with van der Waals surface area (Å²) in [4.78, 5) is 22.5. The van der Waals surface area contributed by atoms with Gasteiger partial charge in [0.15, 0.2) is 5.13 Å². The third kappa shape index (κ3) is 3.30. The molecule has 3 aromatic heterocycles. The van der Waals surface area contributed by atoms with Crippen molar-refractivity contribution in [3.05, 3.63) is 23.9 Å². The largest absolute Gasteiger partial charge is 0.479 e. The molecule has 0 aromatic carbocycles. The first-order chi connectivity index (χ1) is 13.1. The van der Waals surface area contributed by atoms with Gasteiger partial charge in [0.25, 0.3) is 5.91 Å². The Morgan fingerprint density at radius 1 is 1.37 bits per heavy atom. The van der Waals surface area contributed by atoms with Crippen molar-refractivity contribution >= 4 is 38.3 Å². The van der Waals surface area contributed by atoms with Gasteiger partial charge in [-0.1, -0.05) is 11.3 Å². The Labute approximate surface area is 157 Å². The number of carbonyl (C=O) groups excluding carboxylic acids is 1. The molecule has 0 bridgehead atoms. The zero-order chi connectivity index (χ0) is 19.0. The van der Waals surface area contributed by atoms with Crippen LogP contribution in [0, 0.1) is 5.95 Å². The molecule has 1 N–H and O–H groups in total. The van der Waals surface area contributed by atoms with Gasteiger partial charge in [0.1, 0.15) is 11.2 Å². The Balaban J connectivity index is 1.74. The van der Waals surface area contributed by atoms with Gasteiger partial charge in [-0.2, -0.15) is 14.5 Å². The lowest BCUT2D eigenvalue weighted by molar-refractivity contribution is 0.102. The van der Waals surface area contributed by atoms with Gasteiger partial charge in [0.05, 0.1) is 36.8 Å². The average molecular weight is 392 g/mol. The van der Waals surface area contributed by atoms with Crippen molar-refractivity contribution in [1.82, 2.24) is 19.7 Å². The molecule has 1 fully saturated rings. The van der Waals surface area contributed by atoms with Crippen molar-refractivity contribution in [3.8, 4) is 5.88 Å². The number of fused-ring (bicyclic) bond motifs is 1. The molecule has 0 spiro atoms. The van der Waals surface area contributed by atoms with E-state index in [4.69, 9.17) is 9.47 Å². The first kappa shape index (κ1) is 17.6. The molecule has 1 amide bonds. The van der Waals surface area contributed by atoms with Crippen LogP contribution in [0.3, 0.4) is 0 Å². The lowest BCUT2D eigenvalue weighted by atomic mass is 10.3. The maximum absolute atomic E-state index is 14.7. The quantitative estimate of drug-likeness (QED) is 0.675. The molecule has 1 saturated heterocycles. The van der Waals surface area contributed by atoms with Crippen molar-refractivity contribution in [2.24, 2.45) is 7.05 Å². The molecule has 4 heterocycles. The number of carbonyl (C=O) groups is 1. The van der Waals surface area contributed by atoms with Gasteiger partial charge in [-0.15, -0.1) is 0 Å². The number of hydrogen-bond acceptors (Lipinski definition) is 8. The van der Waals surface area contributed by atoms with Crippen molar-refractivity contribution in [2.45, 2.75) is 0 Å². The van der Waals surface area contributed by atoms with Gasteiger partial charge < -0.3 is 14.4 Å². The number of ether oxygens (including phenoxy) is 2. The second-order valence-electron chi connectivity index (χ2n) is 5.91. The van der Waals surface area contributed by atoms with Crippen LogP contribution in [0.1, 0.15) is 10.4 Å². The Hall–Kier alpha value is -2.79. The average Bonchev–Trinajstić information content (AvgIpc) is 3.28. The minimum absolute atomic E-state index is 0.0811. The van der Waals surface area contributed by atoms with Crippen molar-refractivity contribution < 1.29 is 18.7 Å².